The van der Waals surface area contributed by atoms with Gasteiger partial charge in [0, 0.05) is 4.90 Å². The van der Waals surface area contributed by atoms with E-state index in [0.29, 0.717) is 12.0 Å². The van der Waals surface area contributed by atoms with Crippen molar-refractivity contribution in [3.05, 3.63) is 29.8 Å². The van der Waals surface area contributed by atoms with Crippen LogP contribution in [0.2, 0.25) is 0 Å². The number of hydrogen-bond acceptors (Lipinski definition) is 6. The first kappa shape index (κ1) is 17.8. The summed E-state index contributed by atoms with van der Waals surface area (Å²) in [5.41, 5.74) is -0.387. The molecule has 126 valence electrons. The van der Waals surface area contributed by atoms with Gasteiger partial charge in [-0.05, 0) is 31.7 Å². The second-order valence-electron chi connectivity index (χ2n) is 5.73. The van der Waals surface area contributed by atoms with Crippen molar-refractivity contribution in [3.63, 3.8) is 0 Å². The van der Waals surface area contributed by atoms with Crippen molar-refractivity contribution in [2.24, 2.45) is 0 Å². The number of amides is 1. The van der Waals surface area contributed by atoms with Gasteiger partial charge in [-0.15, -0.1) is 11.8 Å². The van der Waals surface area contributed by atoms with E-state index in [1.165, 1.54) is 11.8 Å². The molecule has 1 fully saturated rings. The average molecular weight is 357 g/mol. The summed E-state index contributed by atoms with van der Waals surface area (Å²) in [6.07, 6.45) is 2.21. The molecule has 1 aliphatic rings. The van der Waals surface area contributed by atoms with Gasteiger partial charge >= 0.3 is 5.97 Å². The van der Waals surface area contributed by atoms with Crippen molar-refractivity contribution in [1.29, 1.82) is 0 Å². The van der Waals surface area contributed by atoms with Gasteiger partial charge in [0.1, 0.15) is 0 Å². The van der Waals surface area contributed by atoms with Crippen LogP contribution in [0.3, 0.4) is 0 Å². The lowest BCUT2D eigenvalue weighted by atomic mass is 10.0. The number of rotatable bonds is 5. The van der Waals surface area contributed by atoms with E-state index in [2.05, 4.69) is 5.32 Å². The minimum Gasteiger partial charge on any atom is -0.452 e. The molecule has 6 nitrogen and oxygen atoms in total. The van der Waals surface area contributed by atoms with E-state index in [1.807, 2.05) is 12.3 Å². The van der Waals surface area contributed by atoms with Crippen molar-refractivity contribution in [2.45, 2.75) is 23.8 Å². The Labute approximate surface area is 139 Å². The fraction of sp³-hybridized carbons (Fsp3) is 0.467. The Morgan fingerprint density at radius 3 is 2.65 bits per heavy atom. The fourth-order valence-electron chi connectivity index (χ4n) is 2.50. The van der Waals surface area contributed by atoms with E-state index in [4.69, 9.17) is 4.74 Å². The largest absolute Gasteiger partial charge is 0.452 e. The minimum absolute atomic E-state index is 0.0602. The molecule has 8 heteroatoms. The van der Waals surface area contributed by atoms with Gasteiger partial charge in [-0.3, -0.25) is 4.79 Å². The lowest BCUT2D eigenvalue weighted by molar-refractivity contribution is -0.125. The highest BCUT2D eigenvalue weighted by molar-refractivity contribution is 7.98. The summed E-state index contributed by atoms with van der Waals surface area (Å²) in [7, 11) is -3.11. The molecule has 0 aromatic heterocycles. The van der Waals surface area contributed by atoms with Gasteiger partial charge < -0.3 is 10.1 Å². The smallest absolute Gasteiger partial charge is 0.339 e. The van der Waals surface area contributed by atoms with Crippen molar-refractivity contribution in [3.8, 4) is 0 Å². The third-order valence-corrected chi connectivity index (χ3v) is 6.30. The van der Waals surface area contributed by atoms with Gasteiger partial charge in [0.15, 0.2) is 16.4 Å². The molecule has 0 unspecified atom stereocenters. The highest BCUT2D eigenvalue weighted by Crippen LogP contribution is 2.23. The van der Waals surface area contributed by atoms with Gasteiger partial charge in [-0.1, -0.05) is 12.1 Å². The van der Waals surface area contributed by atoms with Crippen molar-refractivity contribution < 1.29 is 22.7 Å². The van der Waals surface area contributed by atoms with Gasteiger partial charge in [0.05, 0.1) is 22.6 Å². The van der Waals surface area contributed by atoms with Crippen LogP contribution in [0.15, 0.2) is 29.2 Å². The van der Waals surface area contributed by atoms with E-state index < -0.39 is 33.9 Å². The summed E-state index contributed by atoms with van der Waals surface area (Å²) in [5, 5.41) is 2.65. The van der Waals surface area contributed by atoms with Crippen LogP contribution in [0.4, 0.5) is 0 Å². The van der Waals surface area contributed by atoms with Crippen LogP contribution >= 0.6 is 11.8 Å². The molecule has 1 saturated heterocycles. The first-order chi connectivity index (χ1) is 10.7. The quantitative estimate of drug-likeness (QED) is 0.630. The molecular weight excluding hydrogens is 338 g/mol. The fourth-order valence-corrected chi connectivity index (χ4v) is 5.18. The van der Waals surface area contributed by atoms with Crippen molar-refractivity contribution in [2.75, 3.05) is 24.4 Å². The van der Waals surface area contributed by atoms with Crippen LogP contribution in [-0.2, 0) is 19.4 Å². The predicted octanol–water partition coefficient (Wildman–Crippen LogP) is 1.26. The summed E-state index contributed by atoms with van der Waals surface area (Å²) in [6.45, 7) is 1.25. The normalized spacial score (nSPS) is 22.5. The number of esters is 1. The molecule has 1 amide bonds. The van der Waals surface area contributed by atoms with Crippen molar-refractivity contribution >= 4 is 33.5 Å². The van der Waals surface area contributed by atoms with Crippen LogP contribution in [0.25, 0.3) is 0 Å². The first-order valence-corrected chi connectivity index (χ1v) is 10.1. The Morgan fingerprint density at radius 1 is 1.35 bits per heavy atom. The number of carbonyl (C=O) groups is 2. The molecule has 23 heavy (non-hydrogen) atoms. The summed E-state index contributed by atoms with van der Waals surface area (Å²) >= 11 is 1.42. The zero-order valence-electron chi connectivity index (χ0n) is 13.0. The van der Waals surface area contributed by atoms with Crippen LogP contribution in [0.1, 0.15) is 23.7 Å². The summed E-state index contributed by atoms with van der Waals surface area (Å²) in [5.74, 6) is -1.10. The van der Waals surface area contributed by atoms with Gasteiger partial charge in [-0.2, -0.15) is 0 Å². The van der Waals surface area contributed by atoms with Crippen LogP contribution in [-0.4, -0.2) is 50.2 Å². The molecule has 0 bridgehead atoms. The Hall–Kier alpha value is -1.54. The van der Waals surface area contributed by atoms with E-state index in [-0.39, 0.29) is 11.5 Å². The number of thioether (sulfide) groups is 1. The monoisotopic (exact) mass is 357 g/mol. The lowest BCUT2D eigenvalue weighted by Gasteiger charge is -2.23. The highest BCUT2D eigenvalue weighted by atomic mass is 32.2. The Morgan fingerprint density at radius 2 is 2.04 bits per heavy atom. The van der Waals surface area contributed by atoms with Gasteiger partial charge in [-0.25, -0.2) is 13.2 Å². The van der Waals surface area contributed by atoms with E-state index in [0.717, 1.165) is 4.90 Å². The SMILES string of the molecule is CSc1ccccc1C(=O)OCC(=O)N[C@@]1(C)CCS(=O)(=O)C1. The molecular formula is C15H19NO5S2. The number of benzene rings is 1. The van der Waals surface area contributed by atoms with Crippen LogP contribution < -0.4 is 5.32 Å². The number of carbonyl (C=O) groups excluding carboxylic acids is 2. The molecule has 2 rings (SSSR count). The maximum absolute atomic E-state index is 12.0. The standard InChI is InChI=1S/C15H19NO5S2/c1-15(7-8-23(19,20)10-15)16-13(17)9-21-14(18)11-5-3-4-6-12(11)22-2/h3-6H,7-10H2,1-2H3,(H,16,17)/t15-/m0/s1. The average Bonchev–Trinajstić information content (AvgIpc) is 2.78. The molecule has 1 N–H and O–H groups in total. The maximum atomic E-state index is 12.0. The maximum Gasteiger partial charge on any atom is 0.339 e. The van der Waals surface area contributed by atoms with Gasteiger partial charge in [0.25, 0.3) is 5.91 Å². The second kappa shape index (κ2) is 6.92. The Bertz CT molecular complexity index is 716. The lowest BCUT2D eigenvalue weighted by Crippen LogP contribution is -2.48. The zero-order chi connectivity index (χ0) is 17.1. The third kappa shape index (κ3) is 4.71. The first-order valence-electron chi connectivity index (χ1n) is 7.06. The number of nitrogens with one attached hydrogen (secondary N) is 1. The van der Waals surface area contributed by atoms with Crippen molar-refractivity contribution in [1.82, 2.24) is 5.32 Å². The van der Waals surface area contributed by atoms with E-state index in [1.54, 1.807) is 25.1 Å². The Kier molecular flexibility index (Phi) is 5.36. The molecule has 1 aromatic rings. The summed E-state index contributed by atoms with van der Waals surface area (Å²) in [6, 6.07) is 6.97. The van der Waals surface area contributed by atoms with Crippen LogP contribution in [0.5, 0.6) is 0 Å². The van der Waals surface area contributed by atoms with E-state index in [9.17, 15) is 18.0 Å². The zero-order valence-corrected chi connectivity index (χ0v) is 14.6. The molecule has 1 atom stereocenters. The minimum atomic E-state index is -3.11. The third-order valence-electron chi connectivity index (χ3n) is 3.61. The molecule has 0 spiro atoms. The molecule has 1 aliphatic heterocycles. The Balaban J connectivity index is 1.91. The summed E-state index contributed by atoms with van der Waals surface area (Å²) < 4.78 is 28.0. The van der Waals surface area contributed by atoms with Crippen LogP contribution in [0, 0.1) is 0 Å². The number of hydrogen-bond donors (Lipinski definition) is 1. The molecule has 0 aliphatic carbocycles. The molecule has 1 heterocycles. The highest BCUT2D eigenvalue weighted by Gasteiger charge is 2.39. The predicted molar refractivity (Wildman–Crippen MR) is 88.3 cm³/mol. The van der Waals surface area contributed by atoms with Gasteiger partial charge in [0.2, 0.25) is 0 Å². The summed E-state index contributed by atoms with van der Waals surface area (Å²) in [4.78, 5) is 24.7. The number of sulfone groups is 1. The molecule has 0 radical (unpaired) electrons. The molecule has 0 saturated carbocycles. The number of ether oxygens (including phenoxy) is 1. The topological polar surface area (TPSA) is 89.5 Å². The van der Waals surface area contributed by atoms with E-state index >= 15 is 0 Å². The second-order valence-corrected chi connectivity index (χ2v) is 8.76. The molecule has 1 aromatic carbocycles.